The average molecular weight is 359 g/mol. The van der Waals surface area contributed by atoms with E-state index < -0.39 is 0 Å². The molecule has 1 amide bonds. The van der Waals surface area contributed by atoms with E-state index in [1.165, 1.54) is 6.07 Å². The second kappa shape index (κ2) is 8.61. The fourth-order valence-corrected chi connectivity index (χ4v) is 3.83. The van der Waals surface area contributed by atoms with Crippen LogP contribution in [0.15, 0.2) is 18.2 Å². The highest BCUT2D eigenvalue weighted by atomic mass is 19.1. The summed E-state index contributed by atoms with van der Waals surface area (Å²) in [5.41, 5.74) is 0.987. The Balaban J connectivity index is 1.45. The highest BCUT2D eigenvalue weighted by molar-refractivity contribution is 5.78. The molecule has 26 heavy (non-hydrogen) atoms. The molecular weight excluding hydrogens is 333 g/mol. The predicted molar refractivity (Wildman–Crippen MR) is 95.7 cm³/mol. The molecule has 3 rings (SSSR count). The number of piperidine rings is 1. The van der Waals surface area contributed by atoms with Crippen molar-refractivity contribution in [2.45, 2.75) is 25.8 Å². The van der Waals surface area contributed by atoms with Gasteiger partial charge in [-0.1, -0.05) is 6.07 Å². The van der Waals surface area contributed by atoms with Crippen molar-refractivity contribution in [2.24, 2.45) is 11.8 Å². The Bertz CT molecular complexity index is 674. The largest absolute Gasteiger partial charge is 0.381 e. The lowest BCUT2D eigenvalue weighted by molar-refractivity contribution is -0.134. The summed E-state index contributed by atoms with van der Waals surface area (Å²) in [6, 6.07) is 6.63. The summed E-state index contributed by atoms with van der Waals surface area (Å²) in [7, 11) is 1.89. The van der Waals surface area contributed by atoms with Crippen molar-refractivity contribution in [1.82, 2.24) is 9.80 Å². The number of likely N-dealkylation sites (tertiary alicyclic amines) is 1. The molecule has 0 N–H and O–H groups in total. The first-order valence-electron chi connectivity index (χ1n) is 9.30. The Morgan fingerprint density at radius 2 is 2.15 bits per heavy atom. The van der Waals surface area contributed by atoms with E-state index in [2.05, 4.69) is 4.90 Å². The van der Waals surface area contributed by atoms with Crippen LogP contribution in [0, 0.1) is 29.0 Å². The summed E-state index contributed by atoms with van der Waals surface area (Å²) in [5.74, 6) is 0.410. The van der Waals surface area contributed by atoms with E-state index in [-0.39, 0.29) is 17.6 Å². The first-order valence-corrected chi connectivity index (χ1v) is 9.30. The smallest absolute Gasteiger partial charge is 0.227 e. The summed E-state index contributed by atoms with van der Waals surface area (Å²) in [4.78, 5) is 16.5. The number of ether oxygens (including phenoxy) is 1. The third-order valence-electron chi connectivity index (χ3n) is 5.47. The molecule has 1 aromatic carbocycles. The van der Waals surface area contributed by atoms with Gasteiger partial charge in [0, 0.05) is 32.3 Å². The number of hydrogen-bond acceptors (Lipinski definition) is 4. The predicted octanol–water partition coefficient (Wildman–Crippen LogP) is 2.40. The number of carbonyl (C=O) groups excluding carboxylic acids is 1. The monoisotopic (exact) mass is 359 g/mol. The third kappa shape index (κ3) is 4.60. The van der Waals surface area contributed by atoms with Crippen molar-refractivity contribution in [1.29, 1.82) is 5.26 Å². The van der Waals surface area contributed by atoms with E-state index in [0.29, 0.717) is 36.8 Å². The molecule has 2 heterocycles. The fraction of sp³-hybridized carbons (Fsp3) is 0.600. The van der Waals surface area contributed by atoms with Crippen molar-refractivity contribution < 1.29 is 13.9 Å². The van der Waals surface area contributed by atoms with E-state index in [9.17, 15) is 9.18 Å². The molecule has 1 atom stereocenters. The molecule has 6 heteroatoms. The summed E-state index contributed by atoms with van der Waals surface area (Å²) in [5, 5.41) is 8.82. The highest BCUT2D eigenvalue weighted by Crippen LogP contribution is 2.22. The van der Waals surface area contributed by atoms with Crippen LogP contribution >= 0.6 is 0 Å². The molecule has 0 spiro atoms. The van der Waals surface area contributed by atoms with Crippen molar-refractivity contribution >= 4 is 5.91 Å². The zero-order chi connectivity index (χ0) is 18.5. The molecule has 0 saturated carbocycles. The number of hydrogen-bond donors (Lipinski definition) is 0. The quantitative estimate of drug-likeness (QED) is 0.810. The van der Waals surface area contributed by atoms with Crippen LogP contribution in [0.1, 0.15) is 30.4 Å². The van der Waals surface area contributed by atoms with E-state index in [1.54, 1.807) is 12.1 Å². The molecule has 5 nitrogen and oxygen atoms in total. The minimum Gasteiger partial charge on any atom is -0.381 e. The zero-order valence-corrected chi connectivity index (χ0v) is 15.3. The maximum atomic E-state index is 14.0. The first kappa shape index (κ1) is 18.8. The number of carbonyl (C=O) groups is 1. The first-order chi connectivity index (χ1) is 12.6. The van der Waals surface area contributed by atoms with Crippen LogP contribution in [0.5, 0.6) is 0 Å². The van der Waals surface area contributed by atoms with Crippen molar-refractivity contribution in [3.63, 3.8) is 0 Å². The van der Waals surface area contributed by atoms with Crippen molar-refractivity contribution in [2.75, 3.05) is 39.9 Å². The van der Waals surface area contributed by atoms with E-state index in [1.807, 2.05) is 18.0 Å². The Labute approximate surface area is 154 Å². The third-order valence-corrected chi connectivity index (χ3v) is 5.47. The maximum absolute atomic E-state index is 14.0. The normalized spacial score (nSPS) is 21.5. The van der Waals surface area contributed by atoms with Gasteiger partial charge in [0.1, 0.15) is 5.82 Å². The minimum atomic E-state index is -0.310. The number of nitriles is 1. The van der Waals surface area contributed by atoms with Gasteiger partial charge in [0.25, 0.3) is 0 Å². The van der Waals surface area contributed by atoms with Gasteiger partial charge in [-0.3, -0.25) is 9.69 Å². The second-order valence-electron chi connectivity index (χ2n) is 7.42. The number of amides is 1. The van der Waals surface area contributed by atoms with Gasteiger partial charge < -0.3 is 9.64 Å². The molecule has 2 aliphatic rings. The van der Waals surface area contributed by atoms with Gasteiger partial charge in [-0.2, -0.15) is 5.26 Å². The maximum Gasteiger partial charge on any atom is 0.227 e. The van der Waals surface area contributed by atoms with E-state index >= 15 is 0 Å². The SMILES string of the molecule is CN(CC1CCN(Cc2ccc(C#N)cc2F)CC1)C(=O)C1CCOC1. The fourth-order valence-electron chi connectivity index (χ4n) is 3.83. The van der Waals surface area contributed by atoms with Crippen LogP contribution in [0.4, 0.5) is 4.39 Å². The Kier molecular flexibility index (Phi) is 6.23. The molecule has 1 aromatic rings. The Hall–Kier alpha value is -1.97. The minimum absolute atomic E-state index is 0.0273. The standard InChI is InChI=1S/C20H26FN3O2/c1-23(20(25)18-6-9-26-14-18)12-15-4-7-24(8-5-15)13-17-3-2-16(11-22)10-19(17)21/h2-3,10,15,18H,4-9,12-14H2,1H3. The molecule has 0 radical (unpaired) electrons. The summed E-state index contributed by atoms with van der Waals surface area (Å²) in [6.07, 6.45) is 2.85. The second-order valence-corrected chi connectivity index (χ2v) is 7.42. The summed E-state index contributed by atoms with van der Waals surface area (Å²) in [6.45, 7) is 4.40. The lowest BCUT2D eigenvalue weighted by atomic mass is 9.95. The van der Waals surface area contributed by atoms with Gasteiger partial charge in [-0.25, -0.2) is 4.39 Å². The number of halogens is 1. The molecule has 2 saturated heterocycles. The van der Waals surface area contributed by atoms with Gasteiger partial charge in [0.2, 0.25) is 5.91 Å². The van der Waals surface area contributed by atoms with Gasteiger partial charge in [-0.15, -0.1) is 0 Å². The van der Waals surface area contributed by atoms with Crippen LogP contribution in [0.2, 0.25) is 0 Å². The van der Waals surface area contributed by atoms with Gasteiger partial charge in [0.05, 0.1) is 24.2 Å². The van der Waals surface area contributed by atoms with Crippen molar-refractivity contribution in [3.05, 3.63) is 35.1 Å². The summed E-state index contributed by atoms with van der Waals surface area (Å²) < 4.78 is 19.4. The number of rotatable bonds is 5. The Morgan fingerprint density at radius 3 is 2.77 bits per heavy atom. The molecule has 2 aliphatic heterocycles. The lowest BCUT2D eigenvalue weighted by Crippen LogP contribution is -2.41. The highest BCUT2D eigenvalue weighted by Gasteiger charge is 2.28. The van der Waals surface area contributed by atoms with Crippen LogP contribution in [0.25, 0.3) is 0 Å². The van der Waals surface area contributed by atoms with E-state index in [0.717, 1.165) is 38.9 Å². The lowest BCUT2D eigenvalue weighted by Gasteiger charge is -2.34. The van der Waals surface area contributed by atoms with Gasteiger partial charge in [0.15, 0.2) is 0 Å². The van der Waals surface area contributed by atoms with Crippen LogP contribution in [-0.4, -0.2) is 55.6 Å². The number of nitrogens with zero attached hydrogens (tertiary/aromatic N) is 3. The molecule has 140 valence electrons. The topological polar surface area (TPSA) is 56.6 Å². The van der Waals surface area contributed by atoms with Gasteiger partial charge >= 0.3 is 0 Å². The molecule has 2 fully saturated rings. The van der Waals surface area contributed by atoms with Crippen LogP contribution in [-0.2, 0) is 16.1 Å². The zero-order valence-electron chi connectivity index (χ0n) is 15.3. The van der Waals surface area contributed by atoms with Crippen molar-refractivity contribution in [3.8, 4) is 6.07 Å². The summed E-state index contributed by atoms with van der Waals surface area (Å²) >= 11 is 0. The van der Waals surface area contributed by atoms with Gasteiger partial charge in [-0.05, 0) is 50.4 Å². The molecular formula is C20H26FN3O2. The molecule has 0 aromatic heterocycles. The van der Waals surface area contributed by atoms with Crippen LogP contribution in [0.3, 0.4) is 0 Å². The molecule has 1 unspecified atom stereocenters. The number of benzene rings is 1. The molecule has 0 bridgehead atoms. The molecule has 0 aliphatic carbocycles. The van der Waals surface area contributed by atoms with Crippen LogP contribution < -0.4 is 0 Å². The average Bonchev–Trinajstić information content (AvgIpc) is 3.19. The van der Waals surface area contributed by atoms with E-state index in [4.69, 9.17) is 10.00 Å². The Morgan fingerprint density at radius 1 is 1.38 bits per heavy atom.